The number of halogens is 4. The molecule has 0 aliphatic carbocycles. The lowest BCUT2D eigenvalue weighted by Gasteiger charge is -2.17. The first kappa shape index (κ1) is 11.5. The molecular weight excluding hydrogens is 236 g/mol. The quantitative estimate of drug-likeness (QED) is 0.655. The number of hydrogen-bond donors (Lipinski definition) is 1. The van der Waals surface area contributed by atoms with Gasteiger partial charge in [-0.2, -0.15) is 0 Å². The normalized spacial score (nSPS) is 26.1. The Hall–Kier alpha value is 1.47. The molecule has 1 heterocycles. The van der Waals surface area contributed by atoms with Crippen molar-refractivity contribution in [3.63, 3.8) is 0 Å². The topological polar surface area (TPSA) is 12.0 Å². The lowest BCUT2D eigenvalue weighted by molar-refractivity contribution is 0.723. The molecule has 1 rings (SSSR count). The molecule has 1 unspecified atom stereocenters. The highest BCUT2D eigenvalue weighted by Gasteiger charge is 2.34. The molecule has 0 aromatic heterocycles. The van der Waals surface area contributed by atoms with Gasteiger partial charge in [0.2, 0.25) is 3.79 Å². The second-order valence-electron chi connectivity index (χ2n) is 1.75. The Morgan fingerprint density at radius 1 is 1.40 bits per heavy atom. The van der Waals surface area contributed by atoms with Gasteiger partial charge in [0, 0.05) is 12.3 Å². The second-order valence-corrected chi connectivity index (χ2v) is 5.33. The summed E-state index contributed by atoms with van der Waals surface area (Å²) in [4.78, 5) is 0. The van der Waals surface area contributed by atoms with Gasteiger partial charge in [-0.3, -0.25) is 0 Å². The van der Waals surface area contributed by atoms with Crippen molar-refractivity contribution in [2.45, 2.75) is 9.17 Å². The highest BCUT2D eigenvalue weighted by Crippen LogP contribution is 2.37. The van der Waals surface area contributed by atoms with Crippen LogP contribution >= 0.6 is 59.0 Å². The van der Waals surface area contributed by atoms with Gasteiger partial charge in [0.05, 0.1) is 0 Å². The van der Waals surface area contributed by atoms with Crippen LogP contribution in [0.5, 0.6) is 0 Å². The lowest BCUT2D eigenvalue weighted by atomic mass is 10.6. The van der Waals surface area contributed by atoms with Crippen molar-refractivity contribution in [2.24, 2.45) is 0 Å². The van der Waals surface area contributed by atoms with Crippen molar-refractivity contribution >= 4 is 59.0 Å². The zero-order valence-corrected chi connectivity index (χ0v) is 8.84. The minimum absolute atomic E-state index is 0. The molecule has 1 fully saturated rings. The maximum absolute atomic E-state index is 5.59. The van der Waals surface area contributed by atoms with Crippen molar-refractivity contribution in [3.8, 4) is 0 Å². The Kier molecular flexibility index (Phi) is 5.14. The number of rotatable bonds is 0. The Morgan fingerprint density at radius 3 is 2.20 bits per heavy atom. The van der Waals surface area contributed by atoms with Crippen molar-refractivity contribution in [1.82, 2.24) is 5.32 Å². The Labute approximate surface area is 85.6 Å². The molecule has 0 spiro atoms. The SMILES string of the molecule is Cl.ClC(Cl)(Cl)C1NCCS1. The summed E-state index contributed by atoms with van der Waals surface area (Å²) in [6.07, 6.45) is 0. The average molecular weight is 243 g/mol. The average Bonchev–Trinajstić information content (AvgIpc) is 2.08. The molecular formula is C4H7Cl4NS. The molecule has 10 heavy (non-hydrogen) atoms. The highest BCUT2D eigenvalue weighted by molar-refractivity contribution is 8.00. The van der Waals surface area contributed by atoms with Crippen LogP contribution in [0.4, 0.5) is 0 Å². The highest BCUT2D eigenvalue weighted by atomic mass is 35.6. The number of thioether (sulfide) groups is 1. The van der Waals surface area contributed by atoms with E-state index >= 15 is 0 Å². The first-order chi connectivity index (χ1) is 4.11. The smallest absolute Gasteiger partial charge is 0.214 e. The fraction of sp³-hybridized carbons (Fsp3) is 1.00. The Morgan fingerprint density at radius 2 is 2.00 bits per heavy atom. The molecule has 0 amide bonds. The van der Waals surface area contributed by atoms with Crippen LogP contribution in [0.15, 0.2) is 0 Å². The number of alkyl halides is 3. The lowest BCUT2D eigenvalue weighted by Crippen LogP contribution is -2.32. The van der Waals surface area contributed by atoms with Crippen LogP contribution in [0.25, 0.3) is 0 Å². The fourth-order valence-electron chi connectivity index (χ4n) is 0.636. The van der Waals surface area contributed by atoms with Gasteiger partial charge >= 0.3 is 0 Å². The standard InChI is InChI=1S/C4H6Cl3NS.ClH/c5-4(6,7)3-8-1-2-9-3;/h3,8H,1-2H2;1H. The molecule has 0 saturated carbocycles. The number of hydrogen-bond acceptors (Lipinski definition) is 2. The third kappa shape index (κ3) is 3.24. The maximum atomic E-state index is 5.59. The van der Waals surface area contributed by atoms with E-state index in [9.17, 15) is 0 Å². The van der Waals surface area contributed by atoms with E-state index in [1.807, 2.05) is 0 Å². The molecule has 6 heteroatoms. The van der Waals surface area contributed by atoms with Crippen LogP contribution in [-0.4, -0.2) is 21.5 Å². The van der Waals surface area contributed by atoms with Gasteiger partial charge in [0.15, 0.2) is 0 Å². The minimum Gasteiger partial charge on any atom is -0.301 e. The van der Waals surface area contributed by atoms with Crippen LogP contribution in [0.3, 0.4) is 0 Å². The summed E-state index contributed by atoms with van der Waals surface area (Å²) in [7, 11) is 0. The van der Waals surface area contributed by atoms with Crippen molar-refractivity contribution in [1.29, 1.82) is 0 Å². The summed E-state index contributed by atoms with van der Waals surface area (Å²) in [5, 5.41) is 3.04. The minimum atomic E-state index is -1.15. The van der Waals surface area contributed by atoms with E-state index in [0.29, 0.717) is 0 Å². The van der Waals surface area contributed by atoms with Crippen LogP contribution in [0, 0.1) is 0 Å². The molecule has 0 aromatic rings. The predicted octanol–water partition coefficient (Wildman–Crippen LogP) is 2.44. The molecule has 1 atom stereocenters. The fourth-order valence-corrected chi connectivity index (χ4v) is 2.33. The number of nitrogens with one attached hydrogen (secondary N) is 1. The van der Waals surface area contributed by atoms with Crippen LogP contribution in [-0.2, 0) is 0 Å². The summed E-state index contributed by atoms with van der Waals surface area (Å²) in [6.45, 7) is 0.934. The monoisotopic (exact) mass is 241 g/mol. The molecule has 0 radical (unpaired) electrons. The summed E-state index contributed by atoms with van der Waals surface area (Å²) < 4.78 is -1.15. The van der Waals surface area contributed by atoms with Crippen LogP contribution < -0.4 is 5.32 Å². The Bertz CT molecular complexity index is 97.9. The maximum Gasteiger partial charge on any atom is 0.214 e. The van der Waals surface area contributed by atoms with Crippen molar-refractivity contribution in [3.05, 3.63) is 0 Å². The summed E-state index contributed by atoms with van der Waals surface area (Å²) >= 11 is 18.4. The van der Waals surface area contributed by atoms with E-state index in [1.165, 1.54) is 0 Å². The first-order valence-corrected chi connectivity index (χ1v) is 4.70. The van der Waals surface area contributed by atoms with Gasteiger partial charge in [0.25, 0.3) is 0 Å². The van der Waals surface area contributed by atoms with Gasteiger partial charge in [0.1, 0.15) is 5.37 Å². The summed E-state index contributed by atoms with van der Waals surface area (Å²) in [5.74, 6) is 1.03. The molecule has 1 N–H and O–H groups in total. The third-order valence-electron chi connectivity index (χ3n) is 1.01. The van der Waals surface area contributed by atoms with E-state index in [0.717, 1.165) is 12.3 Å². The van der Waals surface area contributed by atoms with Gasteiger partial charge in [-0.15, -0.1) is 24.2 Å². The molecule has 1 aliphatic heterocycles. The van der Waals surface area contributed by atoms with Crippen molar-refractivity contribution < 1.29 is 0 Å². The van der Waals surface area contributed by atoms with Crippen molar-refractivity contribution in [2.75, 3.05) is 12.3 Å². The van der Waals surface area contributed by atoms with E-state index in [2.05, 4.69) is 5.32 Å². The second kappa shape index (κ2) is 4.48. The molecule has 62 valence electrons. The van der Waals surface area contributed by atoms with E-state index in [-0.39, 0.29) is 17.8 Å². The van der Waals surface area contributed by atoms with E-state index in [1.54, 1.807) is 11.8 Å². The summed E-state index contributed by atoms with van der Waals surface area (Å²) in [5.41, 5.74) is 0. The largest absolute Gasteiger partial charge is 0.301 e. The summed E-state index contributed by atoms with van der Waals surface area (Å²) in [6, 6.07) is 0. The first-order valence-electron chi connectivity index (χ1n) is 2.52. The molecule has 0 aromatic carbocycles. The molecule has 1 nitrogen and oxygen atoms in total. The Balaban J connectivity index is 0.000000810. The van der Waals surface area contributed by atoms with Gasteiger partial charge in [-0.1, -0.05) is 34.8 Å². The van der Waals surface area contributed by atoms with Gasteiger partial charge in [-0.05, 0) is 0 Å². The van der Waals surface area contributed by atoms with E-state index < -0.39 is 3.79 Å². The zero-order valence-electron chi connectivity index (χ0n) is 4.94. The van der Waals surface area contributed by atoms with E-state index in [4.69, 9.17) is 34.8 Å². The zero-order chi connectivity index (χ0) is 6.91. The molecule has 1 aliphatic rings. The molecule has 0 bridgehead atoms. The molecule has 1 saturated heterocycles. The van der Waals surface area contributed by atoms with Crippen LogP contribution in [0.1, 0.15) is 0 Å². The third-order valence-corrected chi connectivity index (χ3v) is 3.35. The van der Waals surface area contributed by atoms with Gasteiger partial charge in [-0.25, -0.2) is 0 Å². The van der Waals surface area contributed by atoms with Gasteiger partial charge < -0.3 is 5.32 Å². The van der Waals surface area contributed by atoms with Crippen LogP contribution in [0.2, 0.25) is 0 Å². The predicted molar refractivity (Wildman–Crippen MR) is 51.8 cm³/mol.